The van der Waals surface area contributed by atoms with Crippen LogP contribution in [0.3, 0.4) is 0 Å². The molecule has 4 nitrogen and oxygen atoms in total. The largest absolute Gasteiger partial charge is 0.468 e. The number of carbonyl (C=O) groups is 2. The van der Waals surface area contributed by atoms with Gasteiger partial charge in [-0.15, -0.1) is 22.9 Å². The van der Waals surface area contributed by atoms with E-state index in [1.54, 1.807) is 11.4 Å². The van der Waals surface area contributed by atoms with E-state index in [-0.39, 0.29) is 12.5 Å². The molecule has 0 aliphatic carbocycles. The van der Waals surface area contributed by atoms with Crippen molar-refractivity contribution in [3.05, 3.63) is 20.8 Å². The van der Waals surface area contributed by atoms with Gasteiger partial charge in [0.15, 0.2) is 0 Å². The molecule has 1 heterocycles. The molecule has 0 fully saturated rings. The topological polar surface area (TPSA) is 55.4 Å². The third kappa shape index (κ3) is 3.47. The third-order valence-corrected chi connectivity index (χ3v) is 3.89. The lowest BCUT2D eigenvalue weighted by molar-refractivity contribution is -0.140. The molecule has 7 heteroatoms. The maximum atomic E-state index is 11.6. The van der Waals surface area contributed by atoms with Gasteiger partial charge in [-0.1, -0.05) is 0 Å². The summed E-state index contributed by atoms with van der Waals surface area (Å²) in [6, 6.07) is 1.78. The molecule has 0 aliphatic rings. The van der Waals surface area contributed by atoms with Crippen LogP contribution in [0.15, 0.2) is 15.9 Å². The van der Waals surface area contributed by atoms with Gasteiger partial charge < -0.3 is 10.1 Å². The number of hydrogen-bond donors (Lipinski definition) is 1. The normalized spacial score (nSPS) is 11.9. The lowest BCUT2D eigenvalue weighted by atomic mass is 10.4. The van der Waals surface area contributed by atoms with Gasteiger partial charge in [-0.05, 0) is 27.4 Å². The summed E-state index contributed by atoms with van der Waals surface area (Å²) >= 11 is 10.2. The van der Waals surface area contributed by atoms with Crippen LogP contribution in [-0.2, 0) is 9.53 Å². The zero-order valence-electron chi connectivity index (χ0n) is 8.33. The number of alkyl halides is 1. The van der Waals surface area contributed by atoms with Gasteiger partial charge >= 0.3 is 5.97 Å². The zero-order chi connectivity index (χ0) is 12.1. The van der Waals surface area contributed by atoms with E-state index < -0.39 is 11.3 Å². The van der Waals surface area contributed by atoms with E-state index in [0.29, 0.717) is 4.88 Å². The second kappa shape index (κ2) is 6.22. The van der Waals surface area contributed by atoms with Crippen molar-refractivity contribution in [1.29, 1.82) is 0 Å². The molecule has 16 heavy (non-hydrogen) atoms. The van der Waals surface area contributed by atoms with Crippen LogP contribution in [0, 0.1) is 0 Å². The van der Waals surface area contributed by atoms with E-state index in [9.17, 15) is 9.59 Å². The number of thiophene rings is 1. The molecule has 0 aromatic carbocycles. The van der Waals surface area contributed by atoms with Crippen molar-refractivity contribution in [3.8, 4) is 0 Å². The molecule has 0 radical (unpaired) electrons. The predicted octanol–water partition coefficient (Wildman–Crippen LogP) is 2.02. The molecule has 1 amide bonds. The van der Waals surface area contributed by atoms with E-state index in [0.717, 1.165) is 4.47 Å². The summed E-state index contributed by atoms with van der Waals surface area (Å²) < 4.78 is 5.15. The average Bonchev–Trinajstić information content (AvgIpc) is 2.70. The van der Waals surface area contributed by atoms with Crippen LogP contribution in [0.2, 0.25) is 0 Å². The summed E-state index contributed by atoms with van der Waals surface area (Å²) in [4.78, 5) is 23.1. The van der Waals surface area contributed by atoms with E-state index in [1.165, 1.54) is 18.4 Å². The number of carbonyl (C=O) groups excluding carboxylic acids is 2. The van der Waals surface area contributed by atoms with Gasteiger partial charge in [0, 0.05) is 11.0 Å². The van der Waals surface area contributed by atoms with Gasteiger partial charge in [0.25, 0.3) is 5.91 Å². The molecule has 1 rings (SSSR count). The van der Waals surface area contributed by atoms with Crippen molar-refractivity contribution in [2.45, 2.75) is 5.38 Å². The molecule has 0 saturated heterocycles. The summed E-state index contributed by atoms with van der Waals surface area (Å²) in [5.41, 5.74) is 0. The molecule has 1 aromatic rings. The van der Waals surface area contributed by atoms with Crippen LogP contribution in [0.25, 0.3) is 0 Å². The highest BCUT2D eigenvalue weighted by molar-refractivity contribution is 9.10. The summed E-state index contributed by atoms with van der Waals surface area (Å²) in [5, 5.41) is 3.47. The maximum Gasteiger partial charge on any atom is 0.325 e. The minimum absolute atomic E-state index is 0.0391. The van der Waals surface area contributed by atoms with Crippen LogP contribution in [0.1, 0.15) is 9.67 Å². The fourth-order valence-corrected chi connectivity index (χ4v) is 2.56. The summed E-state index contributed by atoms with van der Waals surface area (Å²) in [5.74, 6) is -0.830. The van der Waals surface area contributed by atoms with Gasteiger partial charge in [-0.3, -0.25) is 9.59 Å². The monoisotopic (exact) mass is 325 g/mol. The molecule has 88 valence electrons. The van der Waals surface area contributed by atoms with Gasteiger partial charge in [-0.25, -0.2) is 0 Å². The number of esters is 1. The molecule has 1 unspecified atom stereocenters. The number of ether oxygens (including phenoxy) is 1. The predicted molar refractivity (Wildman–Crippen MR) is 66.0 cm³/mol. The Morgan fingerprint density at radius 1 is 1.69 bits per heavy atom. The summed E-state index contributed by atoms with van der Waals surface area (Å²) in [6.45, 7) is 0.0391. The van der Waals surface area contributed by atoms with E-state index in [1.807, 2.05) is 0 Å². The van der Waals surface area contributed by atoms with Crippen molar-refractivity contribution in [3.63, 3.8) is 0 Å². The van der Waals surface area contributed by atoms with Crippen LogP contribution in [-0.4, -0.2) is 30.9 Å². The minimum Gasteiger partial charge on any atom is -0.468 e. The summed E-state index contributed by atoms with van der Waals surface area (Å²) in [6.07, 6.45) is 0. The molecule has 0 spiro atoms. The van der Waals surface area contributed by atoms with E-state index >= 15 is 0 Å². The Hall–Kier alpha value is -0.590. The molecular weight excluding hydrogens is 318 g/mol. The first kappa shape index (κ1) is 13.5. The number of halogens is 2. The Morgan fingerprint density at radius 2 is 2.38 bits per heavy atom. The molecule has 0 aliphatic heterocycles. The SMILES string of the molecule is COC(=O)C(Cl)CNC(=O)c1sccc1Br. The Morgan fingerprint density at radius 3 is 2.88 bits per heavy atom. The highest BCUT2D eigenvalue weighted by atomic mass is 79.9. The number of methoxy groups -OCH3 is 1. The molecular formula is C9H9BrClNO3S. The third-order valence-electron chi connectivity index (χ3n) is 1.72. The zero-order valence-corrected chi connectivity index (χ0v) is 11.5. The van der Waals surface area contributed by atoms with Gasteiger partial charge in [0.2, 0.25) is 0 Å². The second-order valence-electron chi connectivity index (χ2n) is 2.80. The Bertz CT molecular complexity index is 396. The fourth-order valence-electron chi connectivity index (χ4n) is 0.930. The summed E-state index contributed by atoms with van der Waals surface area (Å²) in [7, 11) is 1.25. The van der Waals surface area contributed by atoms with Crippen molar-refractivity contribution in [2.24, 2.45) is 0 Å². The molecule has 1 aromatic heterocycles. The molecule has 1 N–H and O–H groups in total. The van der Waals surface area contributed by atoms with Crippen molar-refractivity contribution in [2.75, 3.05) is 13.7 Å². The fraction of sp³-hybridized carbons (Fsp3) is 0.333. The van der Waals surface area contributed by atoms with Gasteiger partial charge in [-0.2, -0.15) is 0 Å². The highest BCUT2D eigenvalue weighted by Crippen LogP contribution is 2.22. The quantitative estimate of drug-likeness (QED) is 0.680. The number of hydrogen-bond acceptors (Lipinski definition) is 4. The average molecular weight is 327 g/mol. The standard InChI is InChI=1S/C9H9BrClNO3S/c1-15-9(14)6(11)4-12-8(13)7-5(10)2-3-16-7/h2-3,6H,4H2,1H3,(H,12,13). The smallest absolute Gasteiger partial charge is 0.325 e. The Kier molecular flexibility index (Phi) is 5.24. The van der Waals surface area contributed by atoms with E-state index in [4.69, 9.17) is 11.6 Å². The van der Waals surface area contributed by atoms with Crippen molar-refractivity contribution in [1.82, 2.24) is 5.32 Å². The first-order valence-electron chi connectivity index (χ1n) is 4.29. The first-order chi connectivity index (χ1) is 7.56. The molecule has 0 saturated carbocycles. The maximum absolute atomic E-state index is 11.6. The Labute approximate surface area is 110 Å². The highest BCUT2D eigenvalue weighted by Gasteiger charge is 2.18. The van der Waals surface area contributed by atoms with Gasteiger partial charge in [0.1, 0.15) is 10.3 Å². The number of rotatable bonds is 4. The van der Waals surface area contributed by atoms with E-state index in [2.05, 4.69) is 26.0 Å². The van der Waals surface area contributed by atoms with Crippen LogP contribution in [0.5, 0.6) is 0 Å². The van der Waals surface area contributed by atoms with Crippen LogP contribution in [0.4, 0.5) is 0 Å². The van der Waals surface area contributed by atoms with Crippen molar-refractivity contribution < 1.29 is 14.3 Å². The molecule has 1 atom stereocenters. The number of amides is 1. The van der Waals surface area contributed by atoms with Crippen LogP contribution < -0.4 is 5.32 Å². The van der Waals surface area contributed by atoms with Crippen molar-refractivity contribution >= 4 is 50.7 Å². The second-order valence-corrected chi connectivity index (χ2v) is 5.10. The Balaban J connectivity index is 2.48. The number of nitrogens with one attached hydrogen (secondary N) is 1. The molecule has 0 bridgehead atoms. The van der Waals surface area contributed by atoms with Crippen LogP contribution >= 0.6 is 38.9 Å². The lowest BCUT2D eigenvalue weighted by Gasteiger charge is -2.08. The van der Waals surface area contributed by atoms with Gasteiger partial charge in [0.05, 0.1) is 7.11 Å². The minimum atomic E-state index is -0.868. The lowest BCUT2D eigenvalue weighted by Crippen LogP contribution is -2.33. The first-order valence-corrected chi connectivity index (χ1v) is 6.40.